The van der Waals surface area contributed by atoms with E-state index in [0.29, 0.717) is 33.3 Å². The van der Waals surface area contributed by atoms with E-state index in [1.807, 2.05) is 0 Å². The summed E-state index contributed by atoms with van der Waals surface area (Å²) in [6.07, 6.45) is 1.73. The van der Waals surface area contributed by atoms with E-state index >= 15 is 0 Å². The second-order valence-electron chi connectivity index (χ2n) is 8.02. The average Bonchev–Trinajstić information content (AvgIpc) is 3.41. The number of halogens is 1. The molecular weight excluding hydrogens is 511 g/mol. The van der Waals surface area contributed by atoms with Gasteiger partial charge in [-0.25, -0.2) is 14.0 Å². The summed E-state index contributed by atoms with van der Waals surface area (Å²) in [6.45, 7) is 3.43. The van der Waals surface area contributed by atoms with Gasteiger partial charge in [-0.1, -0.05) is 13.0 Å². The van der Waals surface area contributed by atoms with Gasteiger partial charge in [0, 0.05) is 35.3 Å². The minimum Gasteiger partial charge on any atom is -0.457 e. The smallest absolute Gasteiger partial charge is 0.331 e. The number of thiophene rings is 1. The average molecular weight is 535 g/mol. The van der Waals surface area contributed by atoms with E-state index in [2.05, 4.69) is 25.9 Å². The zero-order valence-electron chi connectivity index (χ0n) is 20.4. The highest BCUT2D eigenvalue weighted by Gasteiger charge is 2.13. The minimum absolute atomic E-state index is 0.0919. The van der Waals surface area contributed by atoms with Gasteiger partial charge in [0.25, 0.3) is 5.91 Å². The van der Waals surface area contributed by atoms with E-state index in [1.54, 1.807) is 80.0 Å². The van der Waals surface area contributed by atoms with E-state index in [4.69, 9.17) is 4.74 Å². The fraction of sp³-hybridized carbons (Fsp3) is 0.111. The molecule has 2 heterocycles. The van der Waals surface area contributed by atoms with Crippen molar-refractivity contribution in [1.82, 2.24) is 10.5 Å². The summed E-state index contributed by atoms with van der Waals surface area (Å²) in [5, 5.41) is 6.90. The number of nitrogens with one attached hydrogen (secondary N) is 3. The predicted molar refractivity (Wildman–Crippen MR) is 142 cm³/mol. The van der Waals surface area contributed by atoms with Crippen LogP contribution in [-0.2, 0) is 9.63 Å². The van der Waals surface area contributed by atoms with Crippen LogP contribution in [0.1, 0.15) is 28.6 Å². The Morgan fingerprint density at radius 2 is 1.76 bits per heavy atom. The lowest BCUT2D eigenvalue weighted by atomic mass is 10.2. The predicted octanol–water partition coefficient (Wildman–Crippen LogP) is 6.29. The van der Waals surface area contributed by atoms with E-state index in [9.17, 15) is 18.8 Å². The number of aromatic nitrogens is 1. The first-order valence-corrected chi connectivity index (χ1v) is 12.4. The van der Waals surface area contributed by atoms with Crippen LogP contribution in [0.25, 0.3) is 11.3 Å². The molecule has 4 aromatic rings. The van der Waals surface area contributed by atoms with Crippen LogP contribution < -0.4 is 20.9 Å². The van der Waals surface area contributed by atoms with Gasteiger partial charge in [0.1, 0.15) is 17.3 Å². The Kier molecular flexibility index (Phi) is 8.29. The topological polar surface area (TPSA) is 119 Å². The van der Waals surface area contributed by atoms with Gasteiger partial charge < -0.3 is 20.2 Å². The number of carbonyl (C=O) groups excluding carboxylic acids is 3. The van der Waals surface area contributed by atoms with E-state index in [0.717, 1.165) is 5.56 Å². The van der Waals surface area contributed by atoms with Gasteiger partial charge in [0.2, 0.25) is 0 Å². The van der Waals surface area contributed by atoms with Gasteiger partial charge >= 0.3 is 12.0 Å². The van der Waals surface area contributed by atoms with Crippen LogP contribution >= 0.6 is 11.3 Å². The quantitative estimate of drug-likeness (QED) is 0.240. The Hall–Kier alpha value is -4.77. The van der Waals surface area contributed by atoms with Crippen LogP contribution in [0.15, 0.2) is 72.2 Å². The SMILES string of the molecule is CCC(=O)ONC(=O)c1cc(-c2cc(Oc3ccc(NC(=O)Nc4cc(C)ccc4F)cc3)ccn2)cs1. The van der Waals surface area contributed by atoms with Crippen molar-refractivity contribution in [3.05, 3.63) is 88.5 Å². The Balaban J connectivity index is 1.36. The van der Waals surface area contributed by atoms with Crippen molar-refractivity contribution >= 4 is 40.6 Å². The van der Waals surface area contributed by atoms with Gasteiger partial charge in [0.05, 0.1) is 16.3 Å². The zero-order valence-corrected chi connectivity index (χ0v) is 21.2. The fourth-order valence-corrected chi connectivity index (χ4v) is 4.00. The van der Waals surface area contributed by atoms with Crippen LogP contribution in [0.3, 0.4) is 0 Å². The summed E-state index contributed by atoms with van der Waals surface area (Å²) in [6, 6.07) is 15.6. The number of aryl methyl sites for hydroxylation is 1. The molecule has 0 bridgehead atoms. The number of anilines is 2. The number of nitrogens with zero attached hydrogens (tertiary/aromatic N) is 1. The lowest BCUT2D eigenvalue weighted by Gasteiger charge is -2.10. The molecule has 2 aromatic carbocycles. The monoisotopic (exact) mass is 534 g/mol. The highest BCUT2D eigenvalue weighted by molar-refractivity contribution is 7.12. The van der Waals surface area contributed by atoms with Crippen molar-refractivity contribution < 1.29 is 28.3 Å². The van der Waals surface area contributed by atoms with Crippen LogP contribution in [0.4, 0.5) is 20.6 Å². The van der Waals surface area contributed by atoms with Crippen molar-refractivity contribution in [3.8, 4) is 22.8 Å². The number of hydrogen-bond acceptors (Lipinski definition) is 7. The molecular formula is C27H23FN4O5S. The Labute approximate surface area is 221 Å². The molecule has 0 aliphatic carbocycles. The summed E-state index contributed by atoms with van der Waals surface area (Å²) in [5.41, 5.74) is 4.81. The molecule has 0 saturated heterocycles. The van der Waals surface area contributed by atoms with Crippen molar-refractivity contribution in [2.24, 2.45) is 0 Å². The summed E-state index contributed by atoms with van der Waals surface area (Å²) in [5.74, 6) is -0.558. The number of benzene rings is 2. The number of pyridine rings is 1. The number of amides is 3. The molecule has 0 radical (unpaired) electrons. The van der Waals surface area contributed by atoms with Crippen LogP contribution in [-0.4, -0.2) is 22.9 Å². The molecule has 0 unspecified atom stereocenters. The first-order valence-electron chi connectivity index (χ1n) is 11.5. The van der Waals surface area contributed by atoms with Gasteiger partial charge in [-0.3, -0.25) is 9.78 Å². The Morgan fingerprint density at radius 3 is 2.53 bits per heavy atom. The second kappa shape index (κ2) is 12.0. The highest BCUT2D eigenvalue weighted by Crippen LogP contribution is 2.29. The van der Waals surface area contributed by atoms with E-state index in [1.165, 1.54) is 17.4 Å². The third-order valence-electron chi connectivity index (χ3n) is 5.11. The van der Waals surface area contributed by atoms with Crippen molar-refractivity contribution in [2.45, 2.75) is 20.3 Å². The summed E-state index contributed by atoms with van der Waals surface area (Å²) in [7, 11) is 0. The van der Waals surface area contributed by atoms with Gasteiger partial charge in [-0.05, 0) is 61.0 Å². The number of ether oxygens (including phenoxy) is 1. The van der Waals surface area contributed by atoms with Crippen molar-refractivity contribution in [1.29, 1.82) is 0 Å². The Bertz CT molecular complexity index is 1470. The summed E-state index contributed by atoms with van der Waals surface area (Å²) < 4.78 is 19.8. The maximum Gasteiger partial charge on any atom is 0.331 e. The molecule has 4 rings (SSSR count). The lowest BCUT2D eigenvalue weighted by molar-refractivity contribution is -0.148. The van der Waals surface area contributed by atoms with Gasteiger partial charge in [0.15, 0.2) is 0 Å². The first-order chi connectivity index (χ1) is 18.3. The number of hydroxylamine groups is 1. The molecule has 0 saturated carbocycles. The highest BCUT2D eigenvalue weighted by atomic mass is 32.1. The number of rotatable bonds is 7. The van der Waals surface area contributed by atoms with Crippen LogP contribution in [0.5, 0.6) is 11.5 Å². The lowest BCUT2D eigenvalue weighted by Crippen LogP contribution is -2.25. The largest absolute Gasteiger partial charge is 0.457 e. The van der Waals surface area contributed by atoms with Gasteiger partial charge in [-0.15, -0.1) is 11.3 Å². The van der Waals surface area contributed by atoms with E-state index < -0.39 is 23.7 Å². The zero-order chi connectivity index (χ0) is 27.1. The van der Waals surface area contributed by atoms with Crippen molar-refractivity contribution in [2.75, 3.05) is 10.6 Å². The molecule has 194 valence electrons. The molecule has 3 amide bonds. The summed E-state index contributed by atoms with van der Waals surface area (Å²) >= 11 is 1.19. The van der Waals surface area contributed by atoms with Crippen molar-refractivity contribution in [3.63, 3.8) is 0 Å². The first kappa shape index (κ1) is 26.3. The number of hydrogen-bond donors (Lipinski definition) is 3. The van der Waals surface area contributed by atoms with Gasteiger partial charge in [-0.2, -0.15) is 5.48 Å². The third-order valence-corrected chi connectivity index (χ3v) is 6.04. The minimum atomic E-state index is -0.575. The van der Waals surface area contributed by atoms with E-state index in [-0.39, 0.29) is 12.1 Å². The molecule has 0 spiro atoms. The molecule has 3 N–H and O–H groups in total. The third kappa shape index (κ3) is 6.92. The Morgan fingerprint density at radius 1 is 0.974 bits per heavy atom. The summed E-state index contributed by atoms with van der Waals surface area (Å²) in [4.78, 5) is 45.0. The second-order valence-corrected chi connectivity index (χ2v) is 8.94. The molecule has 0 atom stereocenters. The number of urea groups is 1. The maximum atomic E-state index is 13.9. The molecule has 11 heteroatoms. The van der Waals surface area contributed by atoms with Crippen LogP contribution in [0.2, 0.25) is 0 Å². The molecule has 0 aliphatic heterocycles. The molecule has 38 heavy (non-hydrogen) atoms. The molecule has 2 aromatic heterocycles. The van der Waals surface area contributed by atoms with Crippen LogP contribution in [0, 0.1) is 12.7 Å². The molecule has 0 fully saturated rings. The fourth-order valence-electron chi connectivity index (χ4n) is 3.21. The molecule has 0 aliphatic rings. The standard InChI is InChI=1S/C27H23FN4O5S/c1-3-25(33)37-32-26(34)24-13-17(15-38-24)22-14-20(10-11-29-22)36-19-7-5-18(6-8-19)30-27(35)31-23-12-16(2)4-9-21(23)28/h4-15H,3H2,1-2H3,(H,32,34)(H2,30,31,35). The normalized spacial score (nSPS) is 10.4. The number of carbonyl (C=O) groups is 3. The maximum absolute atomic E-state index is 13.9. The molecule has 9 nitrogen and oxygen atoms in total.